The van der Waals surface area contributed by atoms with E-state index in [9.17, 15) is 14.0 Å². The fourth-order valence-electron chi connectivity index (χ4n) is 6.32. The largest absolute Gasteiger partial charge is 0.372 e. The Labute approximate surface area is 266 Å². The first-order valence-electron chi connectivity index (χ1n) is 14.8. The molecule has 4 aromatic carbocycles. The number of Topliss-reactive ketones (excluding diaryl/α,β-unsaturated/α-hetero) is 1. The van der Waals surface area contributed by atoms with Gasteiger partial charge in [0.1, 0.15) is 5.82 Å². The summed E-state index contributed by atoms with van der Waals surface area (Å²) in [7, 11) is 0. The smallest absolute Gasteiger partial charge is 0.259 e. The van der Waals surface area contributed by atoms with Crippen molar-refractivity contribution in [1.29, 1.82) is 0 Å². The van der Waals surface area contributed by atoms with Crippen LogP contribution in [0.5, 0.6) is 0 Å². The quantitative estimate of drug-likeness (QED) is 0.231. The van der Waals surface area contributed by atoms with Crippen molar-refractivity contribution in [3.05, 3.63) is 135 Å². The number of nitrogens with zero attached hydrogens (tertiary/aromatic N) is 2. The first-order valence-corrected chi connectivity index (χ1v) is 15.6. The van der Waals surface area contributed by atoms with Crippen LogP contribution >= 0.6 is 23.2 Å². The highest BCUT2D eigenvalue weighted by Crippen LogP contribution is 2.48. The number of halogens is 3. The Morgan fingerprint density at radius 3 is 2.25 bits per heavy atom. The number of anilines is 3. The summed E-state index contributed by atoms with van der Waals surface area (Å²) in [6, 6.07) is 26.1. The number of para-hydroxylation sites is 2. The van der Waals surface area contributed by atoms with Crippen LogP contribution in [0.25, 0.3) is 0 Å². The molecular formula is C36H32Cl2FN3O2. The molecule has 0 fully saturated rings. The van der Waals surface area contributed by atoms with Crippen LogP contribution in [-0.2, 0) is 4.79 Å². The van der Waals surface area contributed by atoms with Crippen molar-refractivity contribution in [3.8, 4) is 0 Å². The Morgan fingerprint density at radius 2 is 1.57 bits per heavy atom. The molecular weight excluding hydrogens is 596 g/mol. The molecule has 1 amide bonds. The lowest BCUT2D eigenvalue weighted by Crippen LogP contribution is -2.38. The summed E-state index contributed by atoms with van der Waals surface area (Å²) in [4.78, 5) is 32.8. The molecule has 224 valence electrons. The van der Waals surface area contributed by atoms with E-state index in [1.807, 2.05) is 48.5 Å². The van der Waals surface area contributed by atoms with E-state index in [0.717, 1.165) is 35.6 Å². The van der Waals surface area contributed by atoms with Crippen molar-refractivity contribution in [3.63, 3.8) is 0 Å². The second kappa shape index (κ2) is 12.5. The van der Waals surface area contributed by atoms with Gasteiger partial charge >= 0.3 is 0 Å². The monoisotopic (exact) mass is 627 g/mol. The molecule has 5 nitrogen and oxygen atoms in total. The molecule has 2 aliphatic rings. The molecule has 0 radical (unpaired) electrons. The number of hydrogen-bond donors (Lipinski definition) is 1. The van der Waals surface area contributed by atoms with Crippen LogP contribution < -0.4 is 15.1 Å². The predicted molar refractivity (Wildman–Crippen MR) is 176 cm³/mol. The fourth-order valence-corrected chi connectivity index (χ4v) is 6.62. The van der Waals surface area contributed by atoms with Gasteiger partial charge in [0.25, 0.3) is 5.91 Å². The highest BCUT2D eigenvalue weighted by molar-refractivity contribution is 6.42. The molecule has 0 bridgehead atoms. The van der Waals surface area contributed by atoms with Crippen molar-refractivity contribution < 1.29 is 14.0 Å². The van der Waals surface area contributed by atoms with Crippen LogP contribution in [0.1, 0.15) is 60.1 Å². The van der Waals surface area contributed by atoms with Gasteiger partial charge in [-0.15, -0.1) is 0 Å². The van der Waals surface area contributed by atoms with E-state index in [1.165, 1.54) is 12.1 Å². The lowest BCUT2D eigenvalue weighted by Gasteiger charge is -2.35. The Kier molecular flexibility index (Phi) is 8.48. The highest BCUT2D eigenvalue weighted by Gasteiger charge is 2.42. The minimum absolute atomic E-state index is 0.0642. The third-order valence-corrected chi connectivity index (χ3v) is 9.29. The molecule has 44 heavy (non-hydrogen) atoms. The van der Waals surface area contributed by atoms with Crippen LogP contribution in [-0.4, -0.2) is 24.8 Å². The summed E-state index contributed by atoms with van der Waals surface area (Å²) >= 11 is 12.6. The lowest BCUT2D eigenvalue weighted by molar-refractivity contribution is -0.116. The van der Waals surface area contributed by atoms with Crippen LogP contribution in [0.2, 0.25) is 10.0 Å². The zero-order valence-electron chi connectivity index (χ0n) is 24.5. The number of nitrogens with one attached hydrogen (secondary N) is 1. The number of fused-ring (bicyclic) bond motifs is 1. The third kappa shape index (κ3) is 5.60. The summed E-state index contributed by atoms with van der Waals surface area (Å²) in [5, 5.41) is 4.17. The maximum atomic E-state index is 14.5. The molecule has 0 saturated carbocycles. The zero-order chi connectivity index (χ0) is 31.0. The van der Waals surface area contributed by atoms with Gasteiger partial charge in [-0.05, 0) is 91.9 Å². The second-order valence-electron chi connectivity index (χ2n) is 11.1. The summed E-state index contributed by atoms with van der Waals surface area (Å²) < 4.78 is 13.7. The second-order valence-corrected chi connectivity index (χ2v) is 11.9. The molecule has 0 spiro atoms. The van der Waals surface area contributed by atoms with Crippen molar-refractivity contribution in [2.75, 3.05) is 28.2 Å². The minimum atomic E-state index is -0.712. The maximum absolute atomic E-state index is 14.5. The number of ketones is 1. The molecule has 6 rings (SSSR count). The van der Waals surface area contributed by atoms with Gasteiger partial charge in [-0.3, -0.25) is 14.5 Å². The van der Waals surface area contributed by atoms with Gasteiger partial charge in [-0.2, -0.15) is 0 Å². The topological polar surface area (TPSA) is 52.7 Å². The van der Waals surface area contributed by atoms with Gasteiger partial charge in [-0.25, -0.2) is 4.39 Å². The van der Waals surface area contributed by atoms with Crippen LogP contribution in [0.15, 0.2) is 102 Å². The van der Waals surface area contributed by atoms with Crippen molar-refractivity contribution in [2.45, 2.75) is 38.6 Å². The molecule has 1 heterocycles. The molecule has 0 aromatic heterocycles. The number of rotatable bonds is 6. The van der Waals surface area contributed by atoms with Crippen molar-refractivity contribution >= 4 is 52.0 Å². The molecule has 2 atom stereocenters. The van der Waals surface area contributed by atoms with E-state index in [4.69, 9.17) is 23.2 Å². The number of carbonyl (C=O) groups excluding carboxylic acids is 2. The van der Waals surface area contributed by atoms with Crippen molar-refractivity contribution in [2.24, 2.45) is 0 Å². The molecule has 1 N–H and O–H groups in total. The van der Waals surface area contributed by atoms with Crippen LogP contribution in [0, 0.1) is 5.82 Å². The fraction of sp³-hybridized carbons (Fsp3) is 0.222. The standard InChI is InChI=1S/C36H32Cl2FN3O2/c1-3-41(4-2)27-16-11-23(12-17-27)35-34-31(20-25(21-33(34)43)22-9-14-26(39)15-10-22)40-30-7-5-6-8-32(30)42(35)36(44)24-13-18-28(37)29(38)19-24/h5-19,25,35,40H,3-4,20-21H2,1-2H3/t25-,35-/m0/s1. The van der Waals surface area contributed by atoms with Crippen LogP contribution in [0.4, 0.5) is 21.5 Å². The number of hydrogen-bond acceptors (Lipinski definition) is 4. The number of carbonyl (C=O) groups is 2. The number of benzene rings is 4. The van der Waals surface area contributed by atoms with Gasteiger partial charge in [0.2, 0.25) is 0 Å². The van der Waals surface area contributed by atoms with Crippen molar-refractivity contribution in [1.82, 2.24) is 0 Å². The predicted octanol–water partition coefficient (Wildman–Crippen LogP) is 9.19. The Hall–Kier alpha value is -4.13. The maximum Gasteiger partial charge on any atom is 0.259 e. The van der Waals surface area contributed by atoms with E-state index in [0.29, 0.717) is 34.0 Å². The molecule has 4 aromatic rings. The average Bonchev–Trinajstić information content (AvgIpc) is 3.18. The SMILES string of the molecule is CCN(CC)c1ccc([C@H]2C3=C(C[C@H](c4ccc(F)cc4)CC3=O)Nc3ccccc3N2C(=O)c2ccc(Cl)c(Cl)c2)cc1. The molecule has 1 aliphatic heterocycles. The van der Waals surface area contributed by atoms with Gasteiger partial charge in [-0.1, -0.05) is 59.6 Å². The summed E-state index contributed by atoms with van der Waals surface area (Å²) in [5.41, 5.74) is 5.78. The Morgan fingerprint density at radius 1 is 0.886 bits per heavy atom. The summed E-state index contributed by atoms with van der Waals surface area (Å²) in [6.45, 7) is 5.94. The normalized spacial score (nSPS) is 17.8. The first-order chi connectivity index (χ1) is 21.3. The minimum Gasteiger partial charge on any atom is -0.372 e. The highest BCUT2D eigenvalue weighted by atomic mass is 35.5. The van der Waals surface area contributed by atoms with Gasteiger partial charge in [0, 0.05) is 42.0 Å². The van der Waals surface area contributed by atoms with Gasteiger partial charge in [0.15, 0.2) is 5.78 Å². The van der Waals surface area contributed by atoms with E-state index in [1.54, 1.807) is 35.2 Å². The first kappa shape index (κ1) is 29.9. The molecule has 0 saturated heterocycles. The van der Waals surface area contributed by atoms with Crippen LogP contribution in [0.3, 0.4) is 0 Å². The molecule has 0 unspecified atom stereocenters. The van der Waals surface area contributed by atoms with E-state index >= 15 is 0 Å². The Bertz CT molecular complexity index is 1750. The summed E-state index contributed by atoms with van der Waals surface area (Å²) in [5.74, 6) is -0.824. The molecule has 8 heteroatoms. The molecule has 1 aliphatic carbocycles. The number of allylic oxidation sites excluding steroid dienone is 1. The number of amides is 1. The zero-order valence-corrected chi connectivity index (χ0v) is 26.0. The van der Waals surface area contributed by atoms with E-state index in [2.05, 4.69) is 24.1 Å². The Balaban J connectivity index is 1.54. The van der Waals surface area contributed by atoms with Gasteiger partial charge in [0.05, 0.1) is 27.5 Å². The van der Waals surface area contributed by atoms with E-state index < -0.39 is 6.04 Å². The third-order valence-electron chi connectivity index (χ3n) is 8.55. The lowest BCUT2D eigenvalue weighted by atomic mass is 9.78. The average molecular weight is 629 g/mol. The van der Waals surface area contributed by atoms with Gasteiger partial charge < -0.3 is 10.2 Å². The van der Waals surface area contributed by atoms with E-state index in [-0.39, 0.29) is 34.9 Å². The summed E-state index contributed by atoms with van der Waals surface area (Å²) in [6.07, 6.45) is 0.773.